The van der Waals surface area contributed by atoms with E-state index in [1.54, 1.807) is 11.3 Å². The van der Waals surface area contributed by atoms with Crippen LogP contribution in [0.3, 0.4) is 0 Å². The van der Waals surface area contributed by atoms with Crippen molar-refractivity contribution in [3.05, 3.63) is 24.5 Å². The molecule has 0 N–H and O–H groups in total. The Morgan fingerprint density at radius 1 is 1.33 bits per heavy atom. The van der Waals surface area contributed by atoms with Gasteiger partial charge in [-0.05, 0) is 31.4 Å². The molecule has 0 aliphatic carbocycles. The maximum atomic E-state index is 12.6. The van der Waals surface area contributed by atoms with Crippen LogP contribution < -0.4 is 4.90 Å². The Hall–Kier alpha value is -1.89. The number of amides is 1. The zero-order valence-electron chi connectivity index (χ0n) is 14.4. The molecular formula is C17H25N5OS. The molecule has 130 valence electrons. The highest BCUT2D eigenvalue weighted by Gasteiger charge is 2.29. The second-order valence-electron chi connectivity index (χ2n) is 6.36. The quantitative estimate of drug-likeness (QED) is 0.806. The molecule has 1 fully saturated rings. The number of hydrogen-bond acceptors (Lipinski definition) is 5. The zero-order chi connectivity index (χ0) is 16.9. The Kier molecular flexibility index (Phi) is 5.50. The molecule has 0 saturated carbocycles. The number of piperidine rings is 1. The van der Waals surface area contributed by atoms with Crippen LogP contribution in [-0.4, -0.2) is 52.3 Å². The summed E-state index contributed by atoms with van der Waals surface area (Å²) in [5.74, 6) is 0.336. The summed E-state index contributed by atoms with van der Waals surface area (Å²) >= 11 is 1.57. The molecule has 7 heteroatoms. The summed E-state index contributed by atoms with van der Waals surface area (Å²) in [6.07, 6.45) is 8.10. The molecule has 0 aromatic carbocycles. The van der Waals surface area contributed by atoms with Crippen LogP contribution in [-0.2, 0) is 4.79 Å². The first-order valence-corrected chi connectivity index (χ1v) is 9.47. The minimum absolute atomic E-state index is 0.0690. The van der Waals surface area contributed by atoms with Crippen LogP contribution in [0.2, 0.25) is 0 Å². The van der Waals surface area contributed by atoms with Crippen LogP contribution >= 0.6 is 11.3 Å². The van der Waals surface area contributed by atoms with Crippen LogP contribution in [0.4, 0.5) is 5.13 Å². The number of carbonyl (C=O) groups is 1. The van der Waals surface area contributed by atoms with E-state index in [1.165, 1.54) is 0 Å². The van der Waals surface area contributed by atoms with Gasteiger partial charge in [0.1, 0.15) is 0 Å². The van der Waals surface area contributed by atoms with Crippen LogP contribution in [0.5, 0.6) is 0 Å². The monoisotopic (exact) mass is 347 g/mol. The molecule has 2 aromatic heterocycles. The second-order valence-corrected chi connectivity index (χ2v) is 7.29. The molecule has 1 aliphatic heterocycles. The number of aromatic nitrogens is 3. The van der Waals surface area contributed by atoms with Crippen molar-refractivity contribution in [3.63, 3.8) is 0 Å². The van der Waals surface area contributed by atoms with E-state index in [1.807, 2.05) is 41.0 Å². The number of carbonyl (C=O) groups excluding carboxylic acids is 1. The van der Waals surface area contributed by atoms with Crippen molar-refractivity contribution >= 4 is 22.4 Å². The Morgan fingerprint density at radius 2 is 2.08 bits per heavy atom. The van der Waals surface area contributed by atoms with Crippen LogP contribution in [0.1, 0.15) is 32.6 Å². The lowest BCUT2D eigenvalue weighted by atomic mass is 9.97. The van der Waals surface area contributed by atoms with Crippen molar-refractivity contribution in [2.75, 3.05) is 31.6 Å². The average molecular weight is 347 g/mol. The Bertz CT molecular complexity index is 654. The van der Waals surface area contributed by atoms with Gasteiger partial charge in [0.15, 0.2) is 0 Å². The Labute approximate surface area is 147 Å². The highest BCUT2D eigenvalue weighted by molar-refractivity contribution is 7.17. The molecular weight excluding hydrogens is 322 g/mol. The summed E-state index contributed by atoms with van der Waals surface area (Å²) in [6.45, 7) is 4.69. The topological polar surface area (TPSA) is 54.3 Å². The normalized spacial score (nSPS) is 17.9. The maximum Gasteiger partial charge on any atom is 0.227 e. The van der Waals surface area contributed by atoms with E-state index in [0.717, 1.165) is 55.6 Å². The fourth-order valence-corrected chi connectivity index (χ4v) is 3.92. The third-order valence-corrected chi connectivity index (χ3v) is 5.49. The van der Waals surface area contributed by atoms with Crippen molar-refractivity contribution in [1.29, 1.82) is 0 Å². The van der Waals surface area contributed by atoms with Crippen LogP contribution in [0, 0.1) is 5.92 Å². The van der Waals surface area contributed by atoms with E-state index in [0.29, 0.717) is 0 Å². The highest BCUT2D eigenvalue weighted by atomic mass is 32.1. The third kappa shape index (κ3) is 3.77. The first-order valence-electron chi connectivity index (χ1n) is 8.65. The largest absolute Gasteiger partial charge is 0.346 e. The van der Waals surface area contributed by atoms with Gasteiger partial charge < -0.3 is 9.80 Å². The summed E-state index contributed by atoms with van der Waals surface area (Å²) in [5, 5.41) is 10.4. The van der Waals surface area contributed by atoms with E-state index >= 15 is 0 Å². The smallest absolute Gasteiger partial charge is 0.227 e. The van der Waals surface area contributed by atoms with Gasteiger partial charge in [0.2, 0.25) is 16.2 Å². The molecule has 1 amide bonds. The Morgan fingerprint density at radius 3 is 2.83 bits per heavy atom. The molecule has 1 saturated heterocycles. The van der Waals surface area contributed by atoms with Crippen molar-refractivity contribution in [3.8, 4) is 5.13 Å². The van der Waals surface area contributed by atoms with E-state index in [4.69, 9.17) is 0 Å². The van der Waals surface area contributed by atoms with Crippen molar-refractivity contribution < 1.29 is 4.79 Å². The van der Waals surface area contributed by atoms with Gasteiger partial charge in [-0.1, -0.05) is 24.7 Å². The van der Waals surface area contributed by atoms with E-state index < -0.39 is 0 Å². The number of rotatable bonds is 6. The first-order chi connectivity index (χ1) is 11.7. The lowest BCUT2D eigenvalue weighted by Gasteiger charge is -2.33. The summed E-state index contributed by atoms with van der Waals surface area (Å²) in [4.78, 5) is 16.7. The van der Waals surface area contributed by atoms with Gasteiger partial charge >= 0.3 is 0 Å². The zero-order valence-corrected chi connectivity index (χ0v) is 15.2. The minimum Gasteiger partial charge on any atom is -0.346 e. The average Bonchev–Trinajstić information content (AvgIpc) is 3.30. The molecule has 0 unspecified atom stereocenters. The summed E-state index contributed by atoms with van der Waals surface area (Å²) in [7, 11) is 1.92. The Balaban J connectivity index is 1.64. The summed E-state index contributed by atoms with van der Waals surface area (Å²) in [6, 6.07) is 3.95. The van der Waals surface area contributed by atoms with Gasteiger partial charge in [-0.15, -0.1) is 10.2 Å². The standard InChI is InChI=1S/C17H25N5OS/c1-3-4-9-20(2)15(23)14-8-7-12-22(13-14)17-19-18-16(24-17)21-10-5-6-11-21/h5-6,10-11,14H,3-4,7-9,12-13H2,1-2H3/t14-/m0/s1. The fraction of sp³-hybridized carbons (Fsp3) is 0.588. The molecule has 0 spiro atoms. The summed E-state index contributed by atoms with van der Waals surface area (Å²) in [5.41, 5.74) is 0. The molecule has 0 bridgehead atoms. The molecule has 3 heterocycles. The van der Waals surface area contributed by atoms with E-state index in [9.17, 15) is 4.79 Å². The van der Waals surface area contributed by atoms with E-state index in [-0.39, 0.29) is 11.8 Å². The van der Waals surface area contributed by atoms with Crippen LogP contribution in [0.25, 0.3) is 5.13 Å². The lowest BCUT2D eigenvalue weighted by Crippen LogP contribution is -2.44. The molecule has 1 aliphatic rings. The molecule has 0 radical (unpaired) electrons. The number of anilines is 1. The van der Waals surface area contributed by atoms with E-state index in [2.05, 4.69) is 22.0 Å². The van der Waals surface area contributed by atoms with Gasteiger partial charge in [0.05, 0.1) is 5.92 Å². The molecule has 6 nitrogen and oxygen atoms in total. The van der Waals surface area contributed by atoms with Crippen LogP contribution in [0.15, 0.2) is 24.5 Å². The highest BCUT2D eigenvalue weighted by Crippen LogP contribution is 2.28. The predicted octanol–water partition coefficient (Wildman–Crippen LogP) is 2.80. The van der Waals surface area contributed by atoms with Gasteiger partial charge in [0, 0.05) is 39.1 Å². The first kappa shape index (κ1) is 17.0. The minimum atomic E-state index is 0.0690. The van der Waals surface area contributed by atoms with Gasteiger partial charge in [-0.25, -0.2) is 0 Å². The SMILES string of the molecule is CCCCN(C)C(=O)[C@H]1CCCN(c2nnc(-n3cccc3)s2)C1. The predicted molar refractivity (Wildman–Crippen MR) is 96.7 cm³/mol. The molecule has 2 aromatic rings. The number of unbranched alkanes of at least 4 members (excludes halogenated alkanes) is 1. The number of nitrogens with zero attached hydrogens (tertiary/aromatic N) is 5. The second kappa shape index (κ2) is 7.79. The van der Waals surface area contributed by atoms with Crippen molar-refractivity contribution in [2.45, 2.75) is 32.6 Å². The van der Waals surface area contributed by atoms with Gasteiger partial charge in [0.25, 0.3) is 0 Å². The van der Waals surface area contributed by atoms with Gasteiger partial charge in [-0.3, -0.25) is 9.36 Å². The third-order valence-electron chi connectivity index (χ3n) is 4.49. The maximum absolute atomic E-state index is 12.6. The molecule has 1 atom stereocenters. The fourth-order valence-electron chi connectivity index (χ4n) is 3.07. The van der Waals surface area contributed by atoms with Crippen molar-refractivity contribution in [1.82, 2.24) is 19.7 Å². The molecule has 3 rings (SSSR count). The molecule has 24 heavy (non-hydrogen) atoms. The summed E-state index contributed by atoms with van der Waals surface area (Å²) < 4.78 is 1.96. The van der Waals surface area contributed by atoms with Crippen molar-refractivity contribution in [2.24, 2.45) is 5.92 Å². The van der Waals surface area contributed by atoms with Gasteiger partial charge in [-0.2, -0.15) is 0 Å². The lowest BCUT2D eigenvalue weighted by molar-refractivity contribution is -0.134. The number of hydrogen-bond donors (Lipinski definition) is 0.